The lowest BCUT2D eigenvalue weighted by Crippen LogP contribution is -2.12. The summed E-state index contributed by atoms with van der Waals surface area (Å²) >= 11 is 0. The van der Waals surface area contributed by atoms with Crippen molar-refractivity contribution in [1.82, 2.24) is 0 Å². The maximum absolute atomic E-state index is 13.5. The van der Waals surface area contributed by atoms with E-state index in [1.165, 1.54) is 7.11 Å². The molecule has 0 aliphatic rings. The van der Waals surface area contributed by atoms with Crippen molar-refractivity contribution in [3.8, 4) is 5.75 Å². The maximum atomic E-state index is 13.5. The topological polar surface area (TPSA) is 26.3 Å². The number of hydrogen-bond acceptors (Lipinski definition) is 2. The fourth-order valence-corrected chi connectivity index (χ4v) is 1.32. The van der Waals surface area contributed by atoms with Gasteiger partial charge >= 0.3 is 0 Å². The van der Waals surface area contributed by atoms with Gasteiger partial charge in [0.05, 0.1) is 12.7 Å². The Hall–Kier alpha value is -1.45. The summed E-state index contributed by atoms with van der Waals surface area (Å²) < 4.78 is 31.4. The van der Waals surface area contributed by atoms with Crippen LogP contribution in [0.1, 0.15) is 30.6 Å². The number of carbonyl (C=O) groups excluding carboxylic acids is 1. The second kappa shape index (κ2) is 5.05. The molecule has 0 aliphatic carbocycles. The van der Waals surface area contributed by atoms with Gasteiger partial charge in [-0.2, -0.15) is 0 Å². The molecule has 1 unspecified atom stereocenters. The first-order valence-electron chi connectivity index (χ1n) is 5.08. The number of carbonyl (C=O) groups is 1. The van der Waals surface area contributed by atoms with Gasteiger partial charge in [0.1, 0.15) is 5.82 Å². The van der Waals surface area contributed by atoms with Crippen LogP contribution in [0.2, 0.25) is 0 Å². The third kappa shape index (κ3) is 2.38. The third-order valence-electron chi connectivity index (χ3n) is 2.57. The molecule has 0 N–H and O–H groups in total. The first kappa shape index (κ1) is 12.6. The molecule has 0 saturated carbocycles. The van der Waals surface area contributed by atoms with Crippen LogP contribution in [-0.4, -0.2) is 12.9 Å². The molecule has 0 aromatic heterocycles. The molecule has 0 spiro atoms. The van der Waals surface area contributed by atoms with Gasteiger partial charge in [0, 0.05) is 12.0 Å². The van der Waals surface area contributed by atoms with Crippen molar-refractivity contribution in [3.63, 3.8) is 0 Å². The highest BCUT2D eigenvalue weighted by molar-refractivity contribution is 5.98. The third-order valence-corrected chi connectivity index (χ3v) is 2.57. The van der Waals surface area contributed by atoms with Crippen LogP contribution in [0, 0.1) is 17.6 Å². The molecule has 0 heterocycles. The van der Waals surface area contributed by atoms with Gasteiger partial charge in [-0.25, -0.2) is 8.78 Å². The van der Waals surface area contributed by atoms with Crippen molar-refractivity contribution < 1.29 is 18.3 Å². The number of ketones is 1. The van der Waals surface area contributed by atoms with Crippen molar-refractivity contribution in [2.75, 3.05) is 7.11 Å². The van der Waals surface area contributed by atoms with Crippen LogP contribution in [-0.2, 0) is 0 Å². The van der Waals surface area contributed by atoms with Crippen molar-refractivity contribution in [2.45, 2.75) is 20.3 Å². The Kier molecular flexibility index (Phi) is 3.99. The summed E-state index contributed by atoms with van der Waals surface area (Å²) in [6.07, 6.45) is 0.589. The van der Waals surface area contributed by atoms with E-state index in [1.807, 2.05) is 6.92 Å². The molecular weight excluding hydrogens is 214 g/mol. The highest BCUT2D eigenvalue weighted by atomic mass is 19.1. The quantitative estimate of drug-likeness (QED) is 0.740. The number of ether oxygens (including phenoxy) is 1. The molecular formula is C12H14F2O2. The van der Waals surface area contributed by atoms with Gasteiger partial charge in [0.2, 0.25) is 0 Å². The van der Waals surface area contributed by atoms with E-state index in [2.05, 4.69) is 4.74 Å². The van der Waals surface area contributed by atoms with Gasteiger partial charge in [-0.05, 0) is 12.5 Å². The van der Waals surface area contributed by atoms with Crippen molar-refractivity contribution in [3.05, 3.63) is 29.3 Å². The molecule has 0 radical (unpaired) electrons. The predicted molar refractivity (Wildman–Crippen MR) is 56.7 cm³/mol. The normalized spacial score (nSPS) is 12.3. The molecule has 0 bridgehead atoms. The van der Waals surface area contributed by atoms with Crippen LogP contribution in [0.5, 0.6) is 5.75 Å². The summed E-state index contributed by atoms with van der Waals surface area (Å²) in [5, 5.41) is 0. The molecule has 2 nitrogen and oxygen atoms in total. The molecule has 88 valence electrons. The zero-order chi connectivity index (χ0) is 12.3. The highest BCUT2D eigenvalue weighted by Gasteiger charge is 2.20. The van der Waals surface area contributed by atoms with Gasteiger partial charge in [-0.1, -0.05) is 13.8 Å². The number of benzene rings is 1. The molecule has 1 aromatic rings. The molecule has 4 heteroatoms. The number of rotatable bonds is 4. The average molecular weight is 228 g/mol. The van der Waals surface area contributed by atoms with Crippen LogP contribution in [0.3, 0.4) is 0 Å². The van der Waals surface area contributed by atoms with Gasteiger partial charge < -0.3 is 4.74 Å². The molecule has 0 fully saturated rings. The van der Waals surface area contributed by atoms with E-state index in [0.29, 0.717) is 6.42 Å². The minimum Gasteiger partial charge on any atom is -0.494 e. The van der Waals surface area contributed by atoms with Crippen molar-refractivity contribution in [1.29, 1.82) is 0 Å². The number of hydrogen-bond donors (Lipinski definition) is 0. The lowest BCUT2D eigenvalue weighted by molar-refractivity contribution is 0.0922. The van der Waals surface area contributed by atoms with E-state index in [4.69, 9.17) is 0 Å². The Morgan fingerprint density at radius 1 is 1.38 bits per heavy atom. The number of Topliss-reactive ketones (excluding diaryl/α,β-unsaturated/α-hetero) is 1. The zero-order valence-electron chi connectivity index (χ0n) is 9.51. The van der Waals surface area contributed by atoms with Gasteiger partial charge in [-0.15, -0.1) is 0 Å². The summed E-state index contributed by atoms with van der Waals surface area (Å²) in [5.74, 6) is -2.37. The minimum atomic E-state index is -0.747. The van der Waals surface area contributed by atoms with E-state index in [1.54, 1.807) is 6.92 Å². The van der Waals surface area contributed by atoms with Crippen LogP contribution in [0.15, 0.2) is 12.1 Å². The lowest BCUT2D eigenvalue weighted by Gasteiger charge is -2.10. The smallest absolute Gasteiger partial charge is 0.168 e. The Morgan fingerprint density at radius 2 is 2.00 bits per heavy atom. The second-order valence-electron chi connectivity index (χ2n) is 3.64. The van der Waals surface area contributed by atoms with Crippen LogP contribution >= 0.6 is 0 Å². The Morgan fingerprint density at radius 3 is 2.50 bits per heavy atom. The molecule has 0 amide bonds. The van der Waals surface area contributed by atoms with Crippen molar-refractivity contribution in [2.24, 2.45) is 5.92 Å². The van der Waals surface area contributed by atoms with Crippen molar-refractivity contribution >= 4 is 5.78 Å². The second-order valence-corrected chi connectivity index (χ2v) is 3.64. The Bertz CT molecular complexity index is 402. The fraction of sp³-hybridized carbons (Fsp3) is 0.417. The van der Waals surface area contributed by atoms with E-state index < -0.39 is 11.6 Å². The fourth-order valence-electron chi connectivity index (χ4n) is 1.32. The first-order valence-corrected chi connectivity index (χ1v) is 5.08. The standard InChI is InChI=1S/C12H14F2O2/c1-4-7(2)12(15)8-5-10(14)11(16-3)6-9(8)13/h5-7H,4H2,1-3H3. The van der Waals surface area contributed by atoms with Gasteiger partial charge in [0.15, 0.2) is 17.3 Å². The Balaban J connectivity index is 3.16. The monoisotopic (exact) mass is 228 g/mol. The molecule has 0 saturated heterocycles. The van der Waals surface area contributed by atoms with E-state index in [9.17, 15) is 13.6 Å². The SMILES string of the molecule is CCC(C)C(=O)c1cc(F)c(OC)cc1F. The minimum absolute atomic E-state index is 0.196. The first-order chi connectivity index (χ1) is 7.51. The van der Waals surface area contributed by atoms with Crippen LogP contribution in [0.25, 0.3) is 0 Å². The summed E-state index contributed by atoms with van der Waals surface area (Å²) in [7, 11) is 1.24. The van der Waals surface area contributed by atoms with E-state index >= 15 is 0 Å². The van der Waals surface area contributed by atoms with E-state index in [0.717, 1.165) is 12.1 Å². The van der Waals surface area contributed by atoms with Gasteiger partial charge in [0.25, 0.3) is 0 Å². The van der Waals surface area contributed by atoms with Gasteiger partial charge in [-0.3, -0.25) is 4.79 Å². The molecule has 1 atom stereocenters. The molecule has 1 rings (SSSR count). The summed E-state index contributed by atoms with van der Waals surface area (Å²) in [6, 6.07) is 1.79. The predicted octanol–water partition coefficient (Wildman–Crippen LogP) is 3.20. The molecule has 16 heavy (non-hydrogen) atoms. The van der Waals surface area contributed by atoms with Crippen LogP contribution < -0.4 is 4.74 Å². The zero-order valence-corrected chi connectivity index (χ0v) is 9.51. The van der Waals surface area contributed by atoms with Crippen LogP contribution in [0.4, 0.5) is 8.78 Å². The molecule has 1 aromatic carbocycles. The highest BCUT2D eigenvalue weighted by Crippen LogP contribution is 2.23. The molecule has 0 aliphatic heterocycles. The summed E-state index contributed by atoms with van der Waals surface area (Å²) in [5.41, 5.74) is -0.215. The summed E-state index contributed by atoms with van der Waals surface area (Å²) in [6.45, 7) is 3.50. The van der Waals surface area contributed by atoms with E-state index in [-0.39, 0.29) is 23.0 Å². The Labute approximate surface area is 93.2 Å². The number of halogens is 2. The maximum Gasteiger partial charge on any atom is 0.168 e. The largest absolute Gasteiger partial charge is 0.494 e. The number of methoxy groups -OCH3 is 1. The average Bonchev–Trinajstić information content (AvgIpc) is 2.29. The lowest BCUT2D eigenvalue weighted by atomic mass is 9.96. The summed E-state index contributed by atoms with van der Waals surface area (Å²) in [4.78, 5) is 11.7.